The van der Waals surface area contributed by atoms with Crippen molar-refractivity contribution in [1.82, 2.24) is 5.32 Å². The van der Waals surface area contributed by atoms with E-state index in [2.05, 4.69) is 22.5 Å². The average Bonchev–Trinajstić information content (AvgIpc) is 2.75. The van der Waals surface area contributed by atoms with Crippen LogP contribution >= 0.6 is 0 Å². The van der Waals surface area contributed by atoms with Gasteiger partial charge in [0.1, 0.15) is 17.5 Å². The molecule has 0 saturated carbocycles. The third kappa shape index (κ3) is 5.89. The molecule has 0 saturated heterocycles. The SMILES string of the molecule is CCN(C)c1cccc(NC(=O)C(NC(=O)c2cc(OC)cc(OC)c2)C(C)C)c1. The predicted octanol–water partition coefficient (Wildman–Crippen LogP) is 3.55. The van der Waals surface area contributed by atoms with Crippen LogP contribution in [0.15, 0.2) is 42.5 Å². The number of methoxy groups -OCH3 is 2. The molecule has 2 aromatic rings. The molecule has 0 aliphatic carbocycles. The first-order chi connectivity index (χ1) is 14.3. The largest absolute Gasteiger partial charge is 0.497 e. The second kappa shape index (κ2) is 10.5. The topological polar surface area (TPSA) is 79.9 Å². The standard InChI is InChI=1S/C23H31N3O4/c1-7-26(4)18-10-8-9-17(13-18)24-23(28)21(15(2)3)25-22(27)16-11-19(29-5)14-20(12-16)30-6/h8-15,21H,7H2,1-6H3,(H,24,28)(H,25,27). The summed E-state index contributed by atoms with van der Waals surface area (Å²) in [7, 11) is 5.02. The number of rotatable bonds is 9. The molecule has 0 aliphatic rings. The molecule has 1 atom stereocenters. The van der Waals surface area contributed by atoms with E-state index in [0.717, 1.165) is 12.2 Å². The van der Waals surface area contributed by atoms with Crippen LogP contribution in [0.5, 0.6) is 11.5 Å². The number of nitrogens with one attached hydrogen (secondary N) is 2. The van der Waals surface area contributed by atoms with Crippen LogP contribution in [0.1, 0.15) is 31.1 Å². The second-order valence-electron chi connectivity index (χ2n) is 7.35. The van der Waals surface area contributed by atoms with E-state index in [1.54, 1.807) is 18.2 Å². The molecular weight excluding hydrogens is 382 g/mol. The fourth-order valence-corrected chi connectivity index (χ4v) is 2.92. The molecule has 2 amide bonds. The van der Waals surface area contributed by atoms with Crippen molar-refractivity contribution in [1.29, 1.82) is 0 Å². The van der Waals surface area contributed by atoms with Crippen LogP contribution in [0.2, 0.25) is 0 Å². The maximum absolute atomic E-state index is 12.9. The molecule has 0 aliphatic heterocycles. The first-order valence-corrected chi connectivity index (χ1v) is 9.95. The molecule has 0 radical (unpaired) electrons. The van der Waals surface area contributed by atoms with Crippen molar-refractivity contribution in [2.75, 3.05) is 38.0 Å². The molecule has 1 unspecified atom stereocenters. The Bertz CT molecular complexity index is 860. The van der Waals surface area contributed by atoms with Gasteiger partial charge in [-0.05, 0) is 43.2 Å². The highest BCUT2D eigenvalue weighted by molar-refractivity contribution is 6.01. The lowest BCUT2D eigenvalue weighted by Gasteiger charge is -2.23. The highest BCUT2D eigenvalue weighted by Gasteiger charge is 2.25. The molecule has 7 nitrogen and oxygen atoms in total. The summed E-state index contributed by atoms with van der Waals surface area (Å²) in [6, 6.07) is 11.8. The van der Waals surface area contributed by atoms with Crippen LogP contribution < -0.4 is 25.0 Å². The van der Waals surface area contributed by atoms with Gasteiger partial charge in [-0.25, -0.2) is 0 Å². The highest BCUT2D eigenvalue weighted by atomic mass is 16.5. The molecule has 0 heterocycles. The zero-order valence-electron chi connectivity index (χ0n) is 18.5. The number of benzene rings is 2. The van der Waals surface area contributed by atoms with E-state index >= 15 is 0 Å². The molecule has 30 heavy (non-hydrogen) atoms. The number of ether oxygens (including phenoxy) is 2. The van der Waals surface area contributed by atoms with Crippen LogP contribution in [0.3, 0.4) is 0 Å². The van der Waals surface area contributed by atoms with Crippen molar-refractivity contribution in [3.8, 4) is 11.5 Å². The van der Waals surface area contributed by atoms with E-state index in [1.165, 1.54) is 14.2 Å². The minimum Gasteiger partial charge on any atom is -0.497 e. The summed E-state index contributed by atoms with van der Waals surface area (Å²) < 4.78 is 10.4. The Morgan fingerprint density at radius 3 is 2.20 bits per heavy atom. The Balaban J connectivity index is 2.18. The van der Waals surface area contributed by atoms with Gasteiger partial charge in [0.2, 0.25) is 5.91 Å². The predicted molar refractivity (Wildman–Crippen MR) is 120 cm³/mol. The summed E-state index contributed by atoms with van der Waals surface area (Å²) in [4.78, 5) is 27.8. The van der Waals surface area contributed by atoms with Gasteiger partial charge in [0.25, 0.3) is 5.91 Å². The number of hydrogen-bond acceptors (Lipinski definition) is 5. The van der Waals surface area contributed by atoms with Gasteiger partial charge in [0.05, 0.1) is 14.2 Å². The lowest BCUT2D eigenvalue weighted by atomic mass is 10.0. The lowest BCUT2D eigenvalue weighted by Crippen LogP contribution is -2.47. The Morgan fingerprint density at radius 2 is 1.67 bits per heavy atom. The number of anilines is 2. The number of amides is 2. The summed E-state index contributed by atoms with van der Waals surface area (Å²) in [5, 5.41) is 5.75. The Morgan fingerprint density at radius 1 is 1.03 bits per heavy atom. The molecule has 0 fully saturated rings. The van der Waals surface area contributed by atoms with Crippen molar-refractivity contribution >= 4 is 23.2 Å². The van der Waals surface area contributed by atoms with Crippen LogP contribution in [0, 0.1) is 5.92 Å². The number of nitrogens with zero attached hydrogens (tertiary/aromatic N) is 1. The van der Waals surface area contributed by atoms with Crippen molar-refractivity contribution < 1.29 is 19.1 Å². The van der Waals surface area contributed by atoms with Crippen molar-refractivity contribution in [2.24, 2.45) is 5.92 Å². The average molecular weight is 414 g/mol. The Hall–Kier alpha value is -3.22. The van der Waals surface area contributed by atoms with Gasteiger partial charge in [-0.1, -0.05) is 19.9 Å². The molecule has 0 aromatic heterocycles. The number of carbonyl (C=O) groups is 2. The molecule has 2 N–H and O–H groups in total. The van der Waals surface area contributed by atoms with Crippen molar-refractivity contribution in [3.63, 3.8) is 0 Å². The minimum atomic E-state index is -0.706. The fourth-order valence-electron chi connectivity index (χ4n) is 2.92. The number of carbonyl (C=O) groups excluding carboxylic acids is 2. The van der Waals surface area contributed by atoms with Crippen molar-refractivity contribution in [3.05, 3.63) is 48.0 Å². The second-order valence-corrected chi connectivity index (χ2v) is 7.35. The summed E-state index contributed by atoms with van der Waals surface area (Å²) >= 11 is 0. The van der Waals surface area contributed by atoms with Gasteiger partial charge in [-0.3, -0.25) is 9.59 Å². The summed E-state index contributed by atoms with van der Waals surface area (Å²) in [6.45, 7) is 6.69. The first kappa shape index (κ1) is 23.1. The lowest BCUT2D eigenvalue weighted by molar-refractivity contribution is -0.118. The Kier molecular flexibility index (Phi) is 8.09. The van der Waals surface area contributed by atoms with E-state index in [0.29, 0.717) is 22.7 Å². The van der Waals surface area contributed by atoms with E-state index in [9.17, 15) is 9.59 Å². The maximum atomic E-state index is 12.9. The number of hydrogen-bond donors (Lipinski definition) is 2. The molecule has 162 valence electrons. The van der Waals surface area contributed by atoms with Crippen LogP contribution in [0.25, 0.3) is 0 Å². The normalized spacial score (nSPS) is 11.6. The Labute approximate surface area is 178 Å². The van der Waals surface area contributed by atoms with Gasteiger partial charge in [0, 0.05) is 36.6 Å². The molecule has 2 rings (SSSR count). The maximum Gasteiger partial charge on any atom is 0.252 e. The third-order valence-corrected chi connectivity index (χ3v) is 4.88. The van der Waals surface area contributed by atoms with Gasteiger partial charge in [0.15, 0.2) is 0 Å². The van der Waals surface area contributed by atoms with E-state index in [1.807, 2.05) is 45.2 Å². The van der Waals surface area contributed by atoms with E-state index < -0.39 is 6.04 Å². The van der Waals surface area contributed by atoms with Crippen LogP contribution in [-0.2, 0) is 4.79 Å². The van der Waals surface area contributed by atoms with Crippen LogP contribution in [-0.4, -0.2) is 45.7 Å². The zero-order chi connectivity index (χ0) is 22.3. The summed E-state index contributed by atoms with van der Waals surface area (Å²) in [6.07, 6.45) is 0. The van der Waals surface area contributed by atoms with E-state index in [-0.39, 0.29) is 17.7 Å². The van der Waals surface area contributed by atoms with E-state index in [4.69, 9.17) is 9.47 Å². The van der Waals surface area contributed by atoms with Gasteiger partial charge in [-0.2, -0.15) is 0 Å². The molecule has 0 spiro atoms. The van der Waals surface area contributed by atoms with Gasteiger partial charge >= 0.3 is 0 Å². The highest BCUT2D eigenvalue weighted by Crippen LogP contribution is 2.23. The van der Waals surface area contributed by atoms with Gasteiger partial charge < -0.3 is 25.0 Å². The fraction of sp³-hybridized carbons (Fsp3) is 0.391. The molecule has 2 aromatic carbocycles. The van der Waals surface area contributed by atoms with Gasteiger partial charge in [-0.15, -0.1) is 0 Å². The summed E-state index contributed by atoms with van der Waals surface area (Å²) in [5.41, 5.74) is 2.04. The van der Waals surface area contributed by atoms with Crippen LogP contribution in [0.4, 0.5) is 11.4 Å². The smallest absolute Gasteiger partial charge is 0.252 e. The first-order valence-electron chi connectivity index (χ1n) is 9.95. The molecule has 0 bridgehead atoms. The quantitative estimate of drug-likeness (QED) is 0.657. The molecular formula is C23H31N3O4. The minimum absolute atomic E-state index is 0.108. The zero-order valence-corrected chi connectivity index (χ0v) is 18.5. The van der Waals surface area contributed by atoms with Crippen molar-refractivity contribution in [2.45, 2.75) is 26.8 Å². The molecule has 7 heteroatoms. The summed E-state index contributed by atoms with van der Waals surface area (Å²) in [5.74, 6) is 0.247. The third-order valence-electron chi connectivity index (χ3n) is 4.88. The monoisotopic (exact) mass is 413 g/mol.